The number of H-pyrrole nitrogens is 1. The lowest BCUT2D eigenvalue weighted by atomic mass is 10.0. The van der Waals surface area contributed by atoms with Gasteiger partial charge in [-0.1, -0.05) is 27.7 Å². The van der Waals surface area contributed by atoms with Crippen LogP contribution < -0.4 is 5.56 Å². The maximum Gasteiger partial charge on any atom is 0.407 e. The molecule has 0 aromatic carbocycles. The number of hydrogen-bond donors (Lipinski definition) is 2. The van der Waals surface area contributed by atoms with Gasteiger partial charge in [0, 0.05) is 45.1 Å². The van der Waals surface area contributed by atoms with Crippen LogP contribution in [0.5, 0.6) is 0 Å². The third-order valence-corrected chi connectivity index (χ3v) is 4.72. The molecule has 0 saturated carbocycles. The van der Waals surface area contributed by atoms with Crippen LogP contribution in [0.1, 0.15) is 58.7 Å². The van der Waals surface area contributed by atoms with Crippen LogP contribution in [0, 0.1) is 5.92 Å². The molecule has 0 aliphatic carbocycles. The molecule has 28 heavy (non-hydrogen) atoms. The summed E-state index contributed by atoms with van der Waals surface area (Å²) in [6.45, 7) is 10.3. The highest BCUT2D eigenvalue weighted by atomic mass is 16.5. The first kappa shape index (κ1) is 23.7. The second-order valence-electron chi connectivity index (χ2n) is 6.67. The summed E-state index contributed by atoms with van der Waals surface area (Å²) in [6.07, 6.45) is 7.25. The first-order valence-electron chi connectivity index (χ1n) is 9.99. The summed E-state index contributed by atoms with van der Waals surface area (Å²) in [6, 6.07) is 0. The Balaban J connectivity index is 0.000000301. The fourth-order valence-corrected chi connectivity index (χ4v) is 3.15. The number of ether oxygens (including phenoxy) is 1. The van der Waals surface area contributed by atoms with Crippen LogP contribution in [-0.2, 0) is 4.74 Å². The van der Waals surface area contributed by atoms with Gasteiger partial charge in [0.05, 0.1) is 6.20 Å². The molecule has 0 radical (unpaired) electrons. The van der Waals surface area contributed by atoms with E-state index in [9.17, 15) is 9.59 Å². The number of methoxy groups -OCH3 is 1. The summed E-state index contributed by atoms with van der Waals surface area (Å²) in [5.74, 6) is 1.81. The van der Waals surface area contributed by atoms with Gasteiger partial charge in [0.15, 0.2) is 0 Å². The van der Waals surface area contributed by atoms with Crippen molar-refractivity contribution < 1.29 is 14.6 Å². The van der Waals surface area contributed by atoms with E-state index in [-0.39, 0.29) is 5.56 Å². The number of imidazole rings is 1. The number of nitrogens with zero attached hydrogens (tertiary/aromatic N) is 3. The summed E-state index contributed by atoms with van der Waals surface area (Å²) < 4.78 is 6.97. The predicted octanol–water partition coefficient (Wildman–Crippen LogP) is 3.59. The molecule has 0 spiro atoms. The molecule has 2 N–H and O–H groups in total. The van der Waals surface area contributed by atoms with E-state index in [4.69, 9.17) is 9.84 Å². The Morgan fingerprint density at radius 3 is 2.68 bits per heavy atom. The van der Waals surface area contributed by atoms with Crippen LogP contribution in [0.2, 0.25) is 0 Å². The molecule has 8 heteroatoms. The number of nitrogens with one attached hydrogen (secondary N) is 1. The van der Waals surface area contributed by atoms with E-state index in [1.807, 2.05) is 24.4 Å². The zero-order chi connectivity index (χ0) is 21.1. The van der Waals surface area contributed by atoms with Crippen LogP contribution in [0.25, 0.3) is 5.52 Å². The molecular weight excluding hydrogens is 360 g/mol. The quantitative estimate of drug-likeness (QED) is 0.807. The lowest BCUT2D eigenvalue weighted by Crippen LogP contribution is -2.26. The molecule has 2 aromatic heterocycles. The van der Waals surface area contributed by atoms with E-state index < -0.39 is 6.09 Å². The van der Waals surface area contributed by atoms with E-state index in [0.29, 0.717) is 24.0 Å². The van der Waals surface area contributed by atoms with Crippen LogP contribution in [0.3, 0.4) is 0 Å². The van der Waals surface area contributed by atoms with Gasteiger partial charge in [-0.2, -0.15) is 0 Å². The van der Waals surface area contributed by atoms with Crippen molar-refractivity contribution >= 4 is 11.6 Å². The van der Waals surface area contributed by atoms with Crippen LogP contribution in [0.4, 0.5) is 4.79 Å². The van der Waals surface area contributed by atoms with Crippen molar-refractivity contribution in [2.24, 2.45) is 5.92 Å². The third kappa shape index (κ3) is 6.37. The molecule has 1 fully saturated rings. The highest BCUT2D eigenvalue weighted by molar-refractivity contribution is 5.65. The smallest absolute Gasteiger partial charge is 0.407 e. The lowest BCUT2D eigenvalue weighted by Gasteiger charge is -2.12. The molecule has 0 bridgehead atoms. The average molecular weight is 395 g/mol. The Hall–Kier alpha value is -2.35. The Bertz CT molecular complexity index is 771. The van der Waals surface area contributed by atoms with E-state index in [1.54, 1.807) is 19.5 Å². The van der Waals surface area contributed by atoms with Crippen molar-refractivity contribution in [3.8, 4) is 0 Å². The number of carboxylic acid groups (broad SMARTS) is 1. The van der Waals surface area contributed by atoms with Gasteiger partial charge in [0.2, 0.25) is 0 Å². The fourth-order valence-electron chi connectivity index (χ4n) is 3.15. The number of amides is 1. The van der Waals surface area contributed by atoms with Crippen molar-refractivity contribution in [3.05, 3.63) is 34.8 Å². The van der Waals surface area contributed by atoms with E-state index in [2.05, 4.69) is 23.8 Å². The standard InChI is InChI=1S/C12H17N3O2.C6H11NO2.C2H6/c1-3-9(4-7-17-2)11-14-8-10-12(16)13-5-6-15(10)11;1-5-2-3-7(4-5)6(8)9;1-2/h5-6,8-9H,3-4,7H2,1-2H3,(H,13,16);5H,2-4H2,1H3,(H,8,9);1-2H3/t;5-;/m.0./s1. The minimum absolute atomic E-state index is 0.104. The normalized spacial score (nSPS) is 16.8. The number of rotatable bonds is 5. The second kappa shape index (κ2) is 12.2. The monoisotopic (exact) mass is 394 g/mol. The predicted molar refractivity (Wildman–Crippen MR) is 110 cm³/mol. The van der Waals surface area contributed by atoms with Crippen molar-refractivity contribution in [1.29, 1.82) is 0 Å². The minimum Gasteiger partial charge on any atom is -0.465 e. The van der Waals surface area contributed by atoms with Gasteiger partial charge in [-0.05, 0) is 25.2 Å². The number of fused-ring (bicyclic) bond motifs is 1. The van der Waals surface area contributed by atoms with E-state index in [1.165, 1.54) is 4.90 Å². The molecule has 158 valence electrons. The Morgan fingerprint density at radius 2 is 2.18 bits per heavy atom. The molecule has 2 aromatic rings. The number of carbonyl (C=O) groups is 1. The molecule has 1 saturated heterocycles. The molecule has 1 aliphatic heterocycles. The van der Waals surface area contributed by atoms with Crippen molar-refractivity contribution in [1.82, 2.24) is 19.3 Å². The van der Waals surface area contributed by atoms with E-state index >= 15 is 0 Å². The summed E-state index contributed by atoms with van der Waals surface area (Å²) in [7, 11) is 1.70. The highest BCUT2D eigenvalue weighted by Crippen LogP contribution is 2.22. The van der Waals surface area contributed by atoms with Gasteiger partial charge in [-0.25, -0.2) is 9.78 Å². The summed E-state index contributed by atoms with van der Waals surface area (Å²) in [5.41, 5.74) is 0.492. The molecular formula is C20H34N4O4. The third-order valence-electron chi connectivity index (χ3n) is 4.72. The average Bonchev–Trinajstić information content (AvgIpc) is 3.32. The summed E-state index contributed by atoms with van der Waals surface area (Å²) in [5, 5.41) is 8.46. The Morgan fingerprint density at radius 1 is 1.46 bits per heavy atom. The first-order valence-corrected chi connectivity index (χ1v) is 9.99. The van der Waals surface area contributed by atoms with Crippen molar-refractivity contribution in [3.63, 3.8) is 0 Å². The fraction of sp³-hybridized carbons (Fsp3) is 0.650. The van der Waals surface area contributed by atoms with Gasteiger partial charge >= 0.3 is 6.09 Å². The van der Waals surface area contributed by atoms with Crippen molar-refractivity contribution in [2.75, 3.05) is 26.8 Å². The lowest BCUT2D eigenvalue weighted by molar-refractivity contribution is 0.154. The molecule has 1 amide bonds. The SMILES string of the molecule is CC.CCC(CCOC)c1ncc2c(=O)[nH]ccn12.C[C@H]1CCN(C(=O)O)C1. The Labute approximate surface area is 166 Å². The summed E-state index contributed by atoms with van der Waals surface area (Å²) in [4.78, 5) is 30.3. The van der Waals surface area contributed by atoms with Crippen LogP contribution >= 0.6 is 0 Å². The molecule has 1 unspecified atom stereocenters. The summed E-state index contributed by atoms with van der Waals surface area (Å²) >= 11 is 0. The van der Waals surface area contributed by atoms with E-state index in [0.717, 1.165) is 38.2 Å². The maximum absolute atomic E-state index is 11.6. The number of likely N-dealkylation sites (tertiary alicyclic amines) is 1. The number of aromatic amines is 1. The molecule has 2 atom stereocenters. The first-order chi connectivity index (χ1) is 13.5. The highest BCUT2D eigenvalue weighted by Gasteiger charge is 2.21. The zero-order valence-electron chi connectivity index (χ0n) is 17.6. The topological polar surface area (TPSA) is 99.9 Å². The van der Waals surface area contributed by atoms with Gasteiger partial charge in [0.1, 0.15) is 11.3 Å². The molecule has 8 nitrogen and oxygen atoms in total. The molecule has 1 aliphatic rings. The van der Waals surface area contributed by atoms with Gasteiger partial charge in [0.25, 0.3) is 5.56 Å². The molecule has 3 rings (SSSR count). The van der Waals surface area contributed by atoms with Gasteiger partial charge < -0.3 is 19.7 Å². The van der Waals surface area contributed by atoms with Crippen molar-refractivity contribution in [2.45, 2.75) is 52.9 Å². The number of hydrogen-bond acceptors (Lipinski definition) is 4. The van der Waals surface area contributed by atoms with Crippen LogP contribution in [-0.4, -0.2) is 57.3 Å². The zero-order valence-corrected chi connectivity index (χ0v) is 17.6. The van der Waals surface area contributed by atoms with Crippen LogP contribution in [0.15, 0.2) is 23.4 Å². The Kier molecular flexibility index (Phi) is 10.3. The van der Waals surface area contributed by atoms with Gasteiger partial charge in [-0.3, -0.25) is 9.20 Å². The molecule has 3 heterocycles. The number of aromatic nitrogens is 3. The second-order valence-corrected chi connectivity index (χ2v) is 6.67. The maximum atomic E-state index is 11.6. The largest absolute Gasteiger partial charge is 0.465 e. The van der Waals surface area contributed by atoms with Gasteiger partial charge in [-0.15, -0.1) is 0 Å². The minimum atomic E-state index is -0.778.